The van der Waals surface area contributed by atoms with Crippen LogP contribution in [0.2, 0.25) is 0 Å². The summed E-state index contributed by atoms with van der Waals surface area (Å²) in [5, 5.41) is 6.48. The Morgan fingerprint density at radius 1 is 1.56 bits per heavy atom. The SMILES string of the molecule is Cc1noc(CCNC(=O)c2cc(Br)c(Br)s2)n1. The smallest absolute Gasteiger partial charge is 0.261 e. The number of aryl methyl sites for hydroxylation is 1. The number of hydrogen-bond donors (Lipinski definition) is 1. The van der Waals surface area contributed by atoms with E-state index in [1.54, 1.807) is 13.0 Å². The number of amides is 1. The second kappa shape index (κ2) is 5.94. The maximum Gasteiger partial charge on any atom is 0.261 e. The van der Waals surface area contributed by atoms with Crippen molar-refractivity contribution < 1.29 is 9.32 Å². The van der Waals surface area contributed by atoms with Crippen LogP contribution in [0.1, 0.15) is 21.4 Å². The minimum Gasteiger partial charge on any atom is -0.351 e. The zero-order chi connectivity index (χ0) is 13.1. The fourth-order valence-electron chi connectivity index (χ4n) is 1.27. The Morgan fingerprint density at radius 3 is 2.89 bits per heavy atom. The van der Waals surface area contributed by atoms with Crippen molar-refractivity contribution in [3.63, 3.8) is 0 Å². The quantitative estimate of drug-likeness (QED) is 0.865. The molecular weight excluding hydrogens is 386 g/mol. The van der Waals surface area contributed by atoms with Crippen molar-refractivity contribution in [2.75, 3.05) is 6.54 Å². The first-order chi connectivity index (χ1) is 8.56. The van der Waals surface area contributed by atoms with Crippen molar-refractivity contribution in [1.82, 2.24) is 15.5 Å². The van der Waals surface area contributed by atoms with E-state index < -0.39 is 0 Å². The first-order valence-electron chi connectivity index (χ1n) is 5.08. The molecule has 0 aromatic carbocycles. The average Bonchev–Trinajstić information content (AvgIpc) is 2.87. The van der Waals surface area contributed by atoms with E-state index in [1.165, 1.54) is 11.3 Å². The molecule has 0 aliphatic heterocycles. The monoisotopic (exact) mass is 393 g/mol. The highest BCUT2D eigenvalue weighted by molar-refractivity contribution is 9.13. The Labute approximate surface area is 124 Å². The van der Waals surface area contributed by atoms with Gasteiger partial charge < -0.3 is 9.84 Å². The predicted octanol–water partition coefficient (Wildman–Crippen LogP) is 2.94. The molecule has 1 amide bonds. The van der Waals surface area contributed by atoms with Gasteiger partial charge in [-0.1, -0.05) is 5.16 Å². The number of carbonyl (C=O) groups is 1. The molecule has 0 aliphatic rings. The minimum absolute atomic E-state index is 0.109. The van der Waals surface area contributed by atoms with Crippen LogP contribution in [0.3, 0.4) is 0 Å². The molecule has 0 saturated carbocycles. The molecule has 0 bridgehead atoms. The van der Waals surface area contributed by atoms with Crippen molar-refractivity contribution in [2.24, 2.45) is 0 Å². The van der Waals surface area contributed by atoms with E-state index in [9.17, 15) is 4.79 Å². The van der Waals surface area contributed by atoms with E-state index in [1.807, 2.05) is 0 Å². The first kappa shape index (κ1) is 13.7. The third-order valence-corrected chi connectivity index (χ3v) is 5.32. The summed E-state index contributed by atoms with van der Waals surface area (Å²) in [5.74, 6) is 1.02. The van der Waals surface area contributed by atoms with Crippen molar-refractivity contribution >= 4 is 49.1 Å². The molecule has 0 aliphatic carbocycles. The Hall–Kier alpha value is -0.730. The summed E-state index contributed by atoms with van der Waals surface area (Å²) in [4.78, 5) is 16.5. The van der Waals surface area contributed by atoms with Crippen molar-refractivity contribution in [3.05, 3.63) is 30.9 Å². The number of aromatic nitrogens is 2. The lowest BCUT2D eigenvalue weighted by Gasteiger charge is -2.00. The van der Waals surface area contributed by atoms with Gasteiger partial charge in [-0.15, -0.1) is 11.3 Å². The zero-order valence-electron chi connectivity index (χ0n) is 9.37. The van der Waals surface area contributed by atoms with E-state index in [2.05, 4.69) is 47.3 Å². The van der Waals surface area contributed by atoms with Crippen LogP contribution in [0.25, 0.3) is 0 Å². The number of nitrogens with one attached hydrogen (secondary N) is 1. The van der Waals surface area contributed by atoms with Gasteiger partial charge in [0.25, 0.3) is 5.91 Å². The number of hydrogen-bond acceptors (Lipinski definition) is 5. The van der Waals surface area contributed by atoms with Crippen molar-refractivity contribution in [1.29, 1.82) is 0 Å². The average molecular weight is 395 g/mol. The Bertz CT molecular complexity index is 548. The highest BCUT2D eigenvalue weighted by Gasteiger charge is 2.12. The summed E-state index contributed by atoms with van der Waals surface area (Å²) in [6.45, 7) is 2.22. The van der Waals surface area contributed by atoms with E-state index in [-0.39, 0.29) is 5.91 Å². The van der Waals surface area contributed by atoms with Gasteiger partial charge in [-0.2, -0.15) is 4.98 Å². The van der Waals surface area contributed by atoms with Crippen LogP contribution in [0.4, 0.5) is 0 Å². The van der Waals surface area contributed by atoms with Gasteiger partial charge in [-0.25, -0.2) is 0 Å². The van der Waals surface area contributed by atoms with Crippen LogP contribution < -0.4 is 5.32 Å². The van der Waals surface area contributed by atoms with Gasteiger partial charge in [-0.05, 0) is 44.8 Å². The number of carbonyl (C=O) groups excluding carboxylic acids is 1. The fourth-order valence-corrected chi connectivity index (χ4v) is 3.22. The number of nitrogens with zero attached hydrogens (tertiary/aromatic N) is 2. The standard InChI is InChI=1S/C10H9Br2N3O2S/c1-5-14-8(17-15-5)2-3-13-10(16)7-4-6(11)9(12)18-7/h4H,2-3H2,1H3,(H,13,16). The summed E-state index contributed by atoms with van der Waals surface area (Å²) >= 11 is 8.07. The minimum atomic E-state index is -0.109. The number of rotatable bonds is 4. The summed E-state index contributed by atoms with van der Waals surface area (Å²) in [7, 11) is 0. The molecule has 18 heavy (non-hydrogen) atoms. The molecule has 0 fully saturated rings. The van der Waals surface area contributed by atoms with Gasteiger partial charge in [0.15, 0.2) is 5.82 Å². The van der Waals surface area contributed by atoms with Crippen LogP contribution in [0.15, 0.2) is 18.8 Å². The number of thiophene rings is 1. The lowest BCUT2D eigenvalue weighted by Crippen LogP contribution is -2.24. The lowest BCUT2D eigenvalue weighted by molar-refractivity contribution is 0.0957. The van der Waals surface area contributed by atoms with Crippen LogP contribution >= 0.6 is 43.2 Å². The molecule has 1 N–H and O–H groups in total. The molecule has 5 nitrogen and oxygen atoms in total. The highest BCUT2D eigenvalue weighted by Crippen LogP contribution is 2.32. The van der Waals surface area contributed by atoms with Gasteiger partial charge in [0.05, 0.1) is 8.66 Å². The second-order valence-electron chi connectivity index (χ2n) is 3.47. The molecule has 2 rings (SSSR count). The third kappa shape index (κ3) is 3.39. The van der Waals surface area contributed by atoms with E-state index in [0.717, 1.165) is 8.26 Å². The number of halogens is 2. The van der Waals surface area contributed by atoms with Crippen molar-refractivity contribution in [2.45, 2.75) is 13.3 Å². The van der Waals surface area contributed by atoms with Crippen LogP contribution in [0.5, 0.6) is 0 Å². The largest absolute Gasteiger partial charge is 0.351 e. The summed E-state index contributed by atoms with van der Waals surface area (Å²) in [6, 6.07) is 1.78. The highest BCUT2D eigenvalue weighted by atomic mass is 79.9. The molecule has 8 heteroatoms. The summed E-state index contributed by atoms with van der Waals surface area (Å²) in [6.07, 6.45) is 0.528. The van der Waals surface area contributed by atoms with Crippen LogP contribution in [0, 0.1) is 6.92 Å². The molecule has 0 saturated heterocycles. The third-order valence-electron chi connectivity index (χ3n) is 2.06. The van der Waals surface area contributed by atoms with Crippen LogP contribution in [-0.2, 0) is 6.42 Å². The maximum atomic E-state index is 11.8. The molecule has 96 valence electrons. The Kier molecular flexibility index (Phi) is 4.52. The van der Waals surface area contributed by atoms with E-state index in [4.69, 9.17) is 4.52 Å². The molecule has 2 aromatic rings. The molecule has 0 atom stereocenters. The molecule has 0 unspecified atom stereocenters. The lowest BCUT2D eigenvalue weighted by atomic mass is 10.4. The molecular formula is C10H9Br2N3O2S. The van der Waals surface area contributed by atoms with Gasteiger partial charge in [0, 0.05) is 17.4 Å². The molecule has 0 spiro atoms. The van der Waals surface area contributed by atoms with E-state index >= 15 is 0 Å². The molecule has 2 aromatic heterocycles. The van der Waals surface area contributed by atoms with Crippen molar-refractivity contribution in [3.8, 4) is 0 Å². The van der Waals surface area contributed by atoms with Gasteiger partial charge in [-0.3, -0.25) is 4.79 Å². The maximum absolute atomic E-state index is 11.8. The molecule has 2 heterocycles. The summed E-state index contributed by atoms with van der Waals surface area (Å²) in [5.41, 5.74) is 0. The normalized spacial score (nSPS) is 10.6. The Balaban J connectivity index is 1.85. The van der Waals surface area contributed by atoms with Gasteiger partial charge in [0.1, 0.15) is 0 Å². The second-order valence-corrected chi connectivity index (χ2v) is 6.70. The van der Waals surface area contributed by atoms with Gasteiger partial charge >= 0.3 is 0 Å². The van der Waals surface area contributed by atoms with Crippen LogP contribution in [-0.4, -0.2) is 22.6 Å². The zero-order valence-corrected chi connectivity index (χ0v) is 13.4. The fraction of sp³-hybridized carbons (Fsp3) is 0.300. The predicted molar refractivity (Wildman–Crippen MR) is 74.8 cm³/mol. The molecule has 0 radical (unpaired) electrons. The first-order valence-corrected chi connectivity index (χ1v) is 7.48. The summed E-state index contributed by atoms with van der Waals surface area (Å²) < 4.78 is 6.73. The topological polar surface area (TPSA) is 68.0 Å². The Morgan fingerprint density at radius 2 is 2.33 bits per heavy atom. The van der Waals surface area contributed by atoms with Gasteiger partial charge in [0.2, 0.25) is 5.89 Å². The van der Waals surface area contributed by atoms with E-state index in [0.29, 0.717) is 29.6 Å².